The number of Topliss-reactive ketones (excluding diaryl/α,β-unsaturated/α-hetero) is 1. The van der Waals surface area contributed by atoms with E-state index in [4.69, 9.17) is 18.8 Å². The Bertz CT molecular complexity index is 631. The molecule has 7 heteroatoms. The number of hydrogen-bond donors (Lipinski definition) is 0. The molecule has 6 nitrogen and oxygen atoms in total. The van der Waals surface area contributed by atoms with Crippen LogP contribution in [0.1, 0.15) is 64.2 Å². The molecule has 0 N–H and O–H groups in total. The van der Waals surface area contributed by atoms with Crippen molar-refractivity contribution in [1.82, 2.24) is 0 Å². The lowest BCUT2D eigenvalue weighted by molar-refractivity contribution is -0.147. The number of rotatable bonds is 10. The molecule has 0 fully saturated rings. The summed E-state index contributed by atoms with van der Waals surface area (Å²) in [6.07, 6.45) is 2.04. The third kappa shape index (κ3) is 9.03. The molecule has 1 aromatic rings. The van der Waals surface area contributed by atoms with Gasteiger partial charge >= 0.3 is 5.97 Å². The van der Waals surface area contributed by atoms with Crippen molar-refractivity contribution in [3.05, 3.63) is 23.8 Å². The number of methoxy groups -OCH3 is 2. The summed E-state index contributed by atoms with van der Waals surface area (Å²) in [6.45, 7) is 10.8. The van der Waals surface area contributed by atoms with Crippen LogP contribution in [0.2, 0.25) is 0 Å². The Morgan fingerprint density at radius 2 is 1.59 bits per heavy atom. The highest BCUT2D eigenvalue weighted by Gasteiger charge is 2.34. The average molecular weight is 429 g/mol. The molecule has 3 atom stereocenters. The highest BCUT2D eigenvalue weighted by atomic mass is 31.0. The Hall–Kier alpha value is -1.81. The van der Waals surface area contributed by atoms with E-state index in [9.17, 15) is 9.59 Å². The fraction of sp³-hybridized carbons (Fsp3) is 0.636. The van der Waals surface area contributed by atoms with Crippen molar-refractivity contribution in [2.24, 2.45) is 17.3 Å². The number of ketones is 1. The van der Waals surface area contributed by atoms with Gasteiger partial charge in [-0.2, -0.15) is 0 Å². The van der Waals surface area contributed by atoms with Crippen molar-refractivity contribution in [2.75, 3.05) is 20.8 Å². The first kappa shape index (κ1) is 27.2. The summed E-state index contributed by atoms with van der Waals surface area (Å²) in [4.78, 5) is 26.0. The fourth-order valence-electron chi connectivity index (χ4n) is 3.41. The first-order valence-corrected chi connectivity index (χ1v) is 10.4. The van der Waals surface area contributed by atoms with E-state index in [-0.39, 0.29) is 17.1 Å². The van der Waals surface area contributed by atoms with Crippen molar-refractivity contribution in [2.45, 2.75) is 53.9 Å². The number of carbonyl (C=O) groups is 2. The standard InChI is InChI=1S/C22H34O5.H3OP/c1-8-12-27-21(24)16(13-15(2)14-22(3,4)5)20(23)19-17(25-6)10-9-11-18(19)26-7;1-2/h9-11,15-16H,8,12-14H2,1-7H3;2H3. The molecule has 29 heavy (non-hydrogen) atoms. The van der Waals surface area contributed by atoms with E-state index in [1.165, 1.54) is 14.2 Å². The highest BCUT2D eigenvalue weighted by molar-refractivity contribution is 7.00. The maximum atomic E-state index is 13.3. The first-order chi connectivity index (χ1) is 13.6. The van der Waals surface area contributed by atoms with E-state index in [2.05, 4.69) is 27.7 Å². The molecular formula is C22H37O6P. The van der Waals surface area contributed by atoms with E-state index in [0.29, 0.717) is 45.6 Å². The molecular weight excluding hydrogens is 391 g/mol. The van der Waals surface area contributed by atoms with Gasteiger partial charge < -0.3 is 18.8 Å². The van der Waals surface area contributed by atoms with Crippen LogP contribution >= 0.6 is 9.12 Å². The second kappa shape index (κ2) is 13.4. The quantitative estimate of drug-likeness (QED) is 0.229. The van der Waals surface area contributed by atoms with Crippen molar-refractivity contribution in [1.29, 1.82) is 0 Å². The molecule has 0 aliphatic heterocycles. The molecule has 166 valence electrons. The van der Waals surface area contributed by atoms with Gasteiger partial charge in [-0.3, -0.25) is 9.59 Å². The van der Waals surface area contributed by atoms with Crippen molar-refractivity contribution < 1.29 is 28.4 Å². The van der Waals surface area contributed by atoms with Crippen LogP contribution < -0.4 is 9.47 Å². The monoisotopic (exact) mass is 428 g/mol. The predicted molar refractivity (Wildman–Crippen MR) is 118 cm³/mol. The smallest absolute Gasteiger partial charge is 0.316 e. The number of hydrogen-bond acceptors (Lipinski definition) is 6. The average Bonchev–Trinajstić information content (AvgIpc) is 2.69. The van der Waals surface area contributed by atoms with Gasteiger partial charge in [-0.05, 0) is 42.7 Å². The SMILES string of the molecule is CCCOC(=O)C(CC(C)CC(C)(C)C)C(=O)c1c(OC)cccc1OC.O=[PH3]. The Kier molecular flexibility index (Phi) is 12.6. The van der Waals surface area contributed by atoms with Crippen LogP contribution in [0.15, 0.2) is 18.2 Å². The summed E-state index contributed by atoms with van der Waals surface area (Å²) in [6, 6.07) is 5.15. The van der Waals surface area contributed by atoms with Gasteiger partial charge in [0, 0.05) is 0 Å². The van der Waals surface area contributed by atoms with Crippen molar-refractivity contribution in [3.63, 3.8) is 0 Å². The number of esters is 1. The molecule has 0 saturated heterocycles. The molecule has 3 unspecified atom stereocenters. The zero-order chi connectivity index (χ0) is 22.6. The van der Waals surface area contributed by atoms with Gasteiger partial charge in [0.15, 0.2) is 5.78 Å². The van der Waals surface area contributed by atoms with Crippen LogP contribution in [0.4, 0.5) is 0 Å². The van der Waals surface area contributed by atoms with Gasteiger partial charge in [-0.1, -0.05) is 40.7 Å². The van der Waals surface area contributed by atoms with E-state index in [1.807, 2.05) is 6.92 Å². The summed E-state index contributed by atoms with van der Waals surface area (Å²) in [5.74, 6) is -0.679. The minimum Gasteiger partial charge on any atom is -0.496 e. The zero-order valence-corrected chi connectivity index (χ0v) is 20.3. The maximum absolute atomic E-state index is 13.3. The fourth-order valence-corrected chi connectivity index (χ4v) is 3.41. The van der Waals surface area contributed by atoms with Gasteiger partial charge in [0.05, 0.1) is 29.9 Å². The topological polar surface area (TPSA) is 78.9 Å². The van der Waals surface area contributed by atoms with Crippen LogP contribution in [0.3, 0.4) is 0 Å². The van der Waals surface area contributed by atoms with Crippen LogP contribution in [0, 0.1) is 17.3 Å². The van der Waals surface area contributed by atoms with Crippen LogP contribution in [-0.2, 0) is 14.1 Å². The number of ether oxygens (including phenoxy) is 3. The van der Waals surface area contributed by atoms with Gasteiger partial charge in [0.2, 0.25) is 0 Å². The Balaban J connectivity index is 0.00000379. The largest absolute Gasteiger partial charge is 0.496 e. The van der Waals surface area contributed by atoms with Crippen LogP contribution in [-0.4, -0.2) is 32.6 Å². The molecule has 1 aromatic carbocycles. The number of benzene rings is 1. The second-order valence-corrected chi connectivity index (χ2v) is 8.23. The van der Waals surface area contributed by atoms with Crippen molar-refractivity contribution in [3.8, 4) is 11.5 Å². The molecule has 0 amide bonds. The normalized spacial score (nSPS) is 12.9. The molecule has 0 spiro atoms. The lowest BCUT2D eigenvalue weighted by atomic mass is 9.80. The molecule has 0 bridgehead atoms. The van der Waals surface area contributed by atoms with E-state index in [0.717, 1.165) is 6.42 Å². The molecule has 0 aliphatic carbocycles. The highest BCUT2D eigenvalue weighted by Crippen LogP contribution is 2.34. The summed E-state index contributed by atoms with van der Waals surface area (Å²) < 4.78 is 24.3. The molecule has 1 rings (SSSR count). The molecule has 0 heterocycles. The van der Waals surface area contributed by atoms with Gasteiger partial charge in [0.1, 0.15) is 23.0 Å². The Morgan fingerprint density at radius 1 is 1.07 bits per heavy atom. The first-order valence-electron chi connectivity index (χ1n) is 9.85. The van der Waals surface area contributed by atoms with Crippen molar-refractivity contribution >= 4 is 20.9 Å². The molecule has 0 aromatic heterocycles. The predicted octanol–water partition coefficient (Wildman–Crippen LogP) is 4.86. The lowest BCUT2D eigenvalue weighted by Crippen LogP contribution is -2.30. The maximum Gasteiger partial charge on any atom is 0.316 e. The molecule has 0 aliphatic rings. The van der Waals surface area contributed by atoms with Gasteiger partial charge in [0.25, 0.3) is 0 Å². The van der Waals surface area contributed by atoms with Gasteiger partial charge in [-0.15, -0.1) is 0 Å². The Morgan fingerprint density at radius 3 is 2.00 bits per heavy atom. The summed E-state index contributed by atoms with van der Waals surface area (Å²) >= 11 is 0. The third-order valence-electron chi connectivity index (χ3n) is 4.32. The minimum absolute atomic E-state index is 0.114. The van der Waals surface area contributed by atoms with Crippen LogP contribution in [0.5, 0.6) is 11.5 Å². The second-order valence-electron chi connectivity index (χ2n) is 8.23. The van der Waals surface area contributed by atoms with E-state index in [1.54, 1.807) is 18.2 Å². The molecule has 0 radical (unpaired) electrons. The van der Waals surface area contributed by atoms with Gasteiger partial charge in [-0.25, -0.2) is 0 Å². The van der Waals surface area contributed by atoms with E-state index >= 15 is 0 Å². The third-order valence-corrected chi connectivity index (χ3v) is 4.32. The Labute approximate surface area is 176 Å². The minimum atomic E-state index is -0.876. The summed E-state index contributed by atoms with van der Waals surface area (Å²) in [5.41, 5.74) is 0.409. The van der Waals surface area contributed by atoms with E-state index < -0.39 is 11.9 Å². The molecule has 0 saturated carbocycles. The number of carbonyl (C=O) groups excluding carboxylic acids is 2. The summed E-state index contributed by atoms with van der Waals surface area (Å²) in [5, 5.41) is 0. The van der Waals surface area contributed by atoms with Crippen LogP contribution in [0.25, 0.3) is 0 Å². The summed E-state index contributed by atoms with van der Waals surface area (Å²) in [7, 11) is 3.61. The zero-order valence-electron chi connectivity index (χ0n) is 18.9. The lowest BCUT2D eigenvalue weighted by Gasteiger charge is -2.26.